The van der Waals surface area contributed by atoms with Crippen LogP contribution in [0.25, 0.3) is 21.7 Å². The number of benzene rings is 3. The third-order valence-corrected chi connectivity index (χ3v) is 16.4. The molecule has 8 atom stereocenters. The van der Waals surface area contributed by atoms with Crippen LogP contribution in [0.3, 0.4) is 0 Å². The maximum Gasteiger partial charge on any atom is 0.244 e. The van der Waals surface area contributed by atoms with Crippen molar-refractivity contribution in [1.29, 1.82) is 0 Å². The van der Waals surface area contributed by atoms with Gasteiger partial charge in [0.05, 0.1) is 12.9 Å². The SMILES string of the molecule is CCC[C@@H]1NC(=O)[C@@H](NC(C)=O)CSSC[C@@H](C(N)=O)NC(=O)CNC(=O)[C@H](Cc2c[nH]c3ccccc23)NC(=O)[C@H](CCCN=C(N)N)NC(=O)[C@H](Cc2ccc3ccccc3c2)NC(=O)[C@H](Cc2cnc[nH]2)NC(=O)[C@H](CCCN=C(N)N)NC1=O. The van der Waals surface area contributed by atoms with Gasteiger partial charge in [-0.1, -0.05) is 95.6 Å². The highest BCUT2D eigenvalue weighted by Crippen LogP contribution is 2.24. The predicted molar refractivity (Wildman–Crippen MR) is 335 cm³/mol. The summed E-state index contributed by atoms with van der Waals surface area (Å²) in [4.78, 5) is 159. The first kappa shape index (κ1) is 67.7. The third-order valence-electron chi connectivity index (χ3n) is 13.9. The molecule has 29 nitrogen and oxygen atoms in total. The van der Waals surface area contributed by atoms with E-state index >= 15 is 9.59 Å². The number of guanidine groups is 2. The van der Waals surface area contributed by atoms with Gasteiger partial charge in [-0.25, -0.2) is 4.98 Å². The molecule has 0 saturated carbocycles. The van der Waals surface area contributed by atoms with E-state index in [0.29, 0.717) is 23.2 Å². The molecule has 10 amide bonds. The number of nitrogens with two attached hydrogens (primary N) is 5. The number of nitrogens with zero attached hydrogens (tertiary/aromatic N) is 3. The molecule has 5 aromatic rings. The topological polar surface area (TPSA) is 478 Å². The van der Waals surface area contributed by atoms with Gasteiger partial charge in [-0.15, -0.1) is 0 Å². The number of carbonyl (C=O) groups is 10. The molecule has 88 heavy (non-hydrogen) atoms. The van der Waals surface area contributed by atoms with E-state index in [1.807, 2.05) is 54.6 Å². The zero-order valence-electron chi connectivity index (χ0n) is 48.7. The Hall–Kier alpha value is -9.39. The highest BCUT2D eigenvalue weighted by Gasteiger charge is 2.35. The molecule has 21 N–H and O–H groups in total. The van der Waals surface area contributed by atoms with E-state index in [-0.39, 0.29) is 87.9 Å². The monoisotopic (exact) mass is 1250 g/mol. The Morgan fingerprint density at radius 3 is 1.74 bits per heavy atom. The lowest BCUT2D eigenvalue weighted by atomic mass is 9.99. The fourth-order valence-electron chi connectivity index (χ4n) is 9.49. The maximum atomic E-state index is 15.1. The van der Waals surface area contributed by atoms with Gasteiger partial charge in [0.2, 0.25) is 59.1 Å². The number of primary amides is 1. The van der Waals surface area contributed by atoms with Crippen LogP contribution in [-0.4, -0.2) is 165 Å². The van der Waals surface area contributed by atoms with Crippen LogP contribution in [0.4, 0.5) is 0 Å². The van der Waals surface area contributed by atoms with Gasteiger partial charge in [-0.2, -0.15) is 0 Å². The zero-order chi connectivity index (χ0) is 63.7. The quantitative estimate of drug-likeness (QED) is 0.0193. The van der Waals surface area contributed by atoms with Crippen molar-refractivity contribution < 1.29 is 47.9 Å². The number of aliphatic imine (C=N–C) groups is 2. The summed E-state index contributed by atoms with van der Waals surface area (Å²) < 4.78 is 0. The van der Waals surface area contributed by atoms with E-state index in [1.54, 1.807) is 25.3 Å². The molecule has 1 aliphatic heterocycles. The van der Waals surface area contributed by atoms with Gasteiger partial charge in [-0.3, -0.25) is 57.9 Å². The molecular formula is C57H77N19O10S2. The summed E-state index contributed by atoms with van der Waals surface area (Å²) in [5, 5.41) is 26.6. The first-order valence-electron chi connectivity index (χ1n) is 28.5. The molecule has 1 saturated heterocycles. The number of hydrogen-bond acceptors (Lipinski definition) is 15. The number of aromatic nitrogens is 3. The van der Waals surface area contributed by atoms with Crippen molar-refractivity contribution in [2.45, 2.75) is 120 Å². The molecule has 0 radical (unpaired) electrons. The molecule has 0 aliphatic carbocycles. The first-order chi connectivity index (χ1) is 42.2. The summed E-state index contributed by atoms with van der Waals surface area (Å²) in [5.74, 6) is -8.83. The molecule has 0 bridgehead atoms. The van der Waals surface area contributed by atoms with Gasteiger partial charge < -0.3 is 86.5 Å². The fraction of sp³-hybridized carbons (Fsp3) is 0.421. The van der Waals surface area contributed by atoms with Gasteiger partial charge in [-0.05, 0) is 60.1 Å². The number of para-hydroxylation sites is 1. The number of nitrogens with one attached hydrogen (secondary N) is 11. The lowest BCUT2D eigenvalue weighted by Crippen LogP contribution is -2.61. The highest BCUT2D eigenvalue weighted by molar-refractivity contribution is 8.76. The van der Waals surface area contributed by atoms with Gasteiger partial charge in [0.15, 0.2) is 11.9 Å². The maximum absolute atomic E-state index is 15.1. The Kier molecular flexibility index (Phi) is 26.2. The second-order valence-corrected chi connectivity index (χ2v) is 23.4. The Morgan fingerprint density at radius 1 is 0.602 bits per heavy atom. The largest absolute Gasteiger partial charge is 0.370 e. The Morgan fingerprint density at radius 2 is 1.15 bits per heavy atom. The van der Waals surface area contributed by atoms with Crippen molar-refractivity contribution in [2.75, 3.05) is 31.1 Å². The minimum Gasteiger partial charge on any atom is -0.370 e. The minimum atomic E-state index is -1.48. The van der Waals surface area contributed by atoms with Crippen molar-refractivity contribution in [2.24, 2.45) is 38.7 Å². The number of H-pyrrole nitrogens is 2. The molecule has 0 unspecified atom stereocenters. The molecule has 3 heterocycles. The molecule has 0 spiro atoms. The molecule has 1 fully saturated rings. The zero-order valence-corrected chi connectivity index (χ0v) is 50.4. The molecule has 3 aromatic carbocycles. The summed E-state index contributed by atoms with van der Waals surface area (Å²) in [7, 11) is 2.07. The van der Waals surface area contributed by atoms with Crippen LogP contribution in [-0.2, 0) is 67.2 Å². The summed E-state index contributed by atoms with van der Waals surface area (Å²) in [6.45, 7) is 2.32. The number of imidazole rings is 1. The smallest absolute Gasteiger partial charge is 0.244 e. The van der Waals surface area contributed by atoms with Crippen LogP contribution in [0.1, 0.15) is 69.2 Å². The lowest BCUT2D eigenvalue weighted by molar-refractivity contribution is -0.135. The van der Waals surface area contributed by atoms with Crippen molar-refractivity contribution in [3.63, 3.8) is 0 Å². The van der Waals surface area contributed by atoms with Crippen LogP contribution in [0.15, 0.2) is 95.4 Å². The molecular weight excluding hydrogens is 1170 g/mol. The normalized spacial score (nSPS) is 21.9. The van der Waals surface area contributed by atoms with Gasteiger partial charge in [0, 0.05) is 79.8 Å². The molecule has 31 heteroatoms. The van der Waals surface area contributed by atoms with Crippen molar-refractivity contribution in [1.82, 2.24) is 62.8 Å². The third kappa shape index (κ3) is 21.5. The van der Waals surface area contributed by atoms with E-state index in [1.165, 1.54) is 19.4 Å². The predicted octanol–water partition coefficient (Wildman–Crippen LogP) is -2.13. The van der Waals surface area contributed by atoms with Crippen LogP contribution < -0.4 is 76.5 Å². The van der Waals surface area contributed by atoms with E-state index in [4.69, 9.17) is 28.7 Å². The second kappa shape index (κ2) is 34.1. The van der Waals surface area contributed by atoms with Gasteiger partial charge in [0.1, 0.15) is 48.3 Å². The number of carbonyl (C=O) groups excluding carboxylic acids is 10. The number of rotatable bonds is 18. The van der Waals surface area contributed by atoms with Gasteiger partial charge in [0.25, 0.3) is 0 Å². The van der Waals surface area contributed by atoms with E-state index < -0.39 is 114 Å². The number of hydrogen-bond donors (Lipinski definition) is 16. The van der Waals surface area contributed by atoms with Crippen LogP contribution >= 0.6 is 21.6 Å². The standard InChI is InChI=1S/C57H77N19O10S2/c1-3-10-39-50(81)72-40(15-8-19-64-56(59)60)52(83)76-44(24-36-26-63-30-68-36)54(85)74-42(22-32-17-18-33-11-4-5-12-34(33)21-32)53(84)73-41(16-9-20-65-57(61)62)51(82)75-43(23-35-25-66-38-14-7-6-13-37(35)38)49(80)67-27-47(78)70-45(48(58)79)28-87-88-29-46(55(86)71-39)69-31(2)77/h4-7,11-14,17-18,21,25-26,30,39-46,66H,3,8-10,15-16,19-20,22-24,27-29H2,1-2H3,(H2,58,79)(H,63,68)(H,67,80)(H,69,77)(H,70,78)(H,71,86)(H,72,81)(H,73,84)(H,74,85)(H,75,82)(H,76,83)(H4,59,60,64)(H4,61,62,65)/t39-,40-,41-,42-,43-,44-,45-,46-/m0/s1. The Bertz CT molecular complexity index is 3320. The average Bonchev–Trinajstić information content (AvgIpc) is 4.33. The second-order valence-electron chi connectivity index (χ2n) is 20.8. The molecule has 6 rings (SSSR count). The van der Waals surface area contributed by atoms with Crippen LogP contribution in [0.5, 0.6) is 0 Å². The number of aromatic amines is 2. The van der Waals surface area contributed by atoms with Gasteiger partial charge >= 0.3 is 0 Å². The van der Waals surface area contributed by atoms with E-state index in [0.717, 1.165) is 43.3 Å². The Labute approximate surface area is 514 Å². The molecule has 1 aliphatic rings. The summed E-state index contributed by atoms with van der Waals surface area (Å²) in [6.07, 6.45) is 4.48. The summed E-state index contributed by atoms with van der Waals surface area (Å²) in [5.41, 5.74) is 30.5. The number of fused-ring (bicyclic) bond motifs is 2. The van der Waals surface area contributed by atoms with Crippen LogP contribution in [0, 0.1) is 0 Å². The van der Waals surface area contributed by atoms with E-state index in [9.17, 15) is 38.4 Å². The minimum absolute atomic E-state index is 0.0211. The average molecular weight is 1250 g/mol. The molecule has 472 valence electrons. The van der Waals surface area contributed by atoms with Crippen molar-refractivity contribution >= 4 is 114 Å². The van der Waals surface area contributed by atoms with Crippen molar-refractivity contribution in [3.05, 3.63) is 102 Å². The van der Waals surface area contributed by atoms with Crippen molar-refractivity contribution in [3.8, 4) is 0 Å². The van der Waals surface area contributed by atoms with E-state index in [2.05, 4.69) is 72.8 Å². The van der Waals surface area contributed by atoms with Crippen LogP contribution in [0.2, 0.25) is 0 Å². The summed E-state index contributed by atoms with van der Waals surface area (Å²) in [6, 6.07) is 9.20. The Balaban J connectivity index is 1.42. The summed E-state index contributed by atoms with van der Waals surface area (Å²) >= 11 is 0. The highest BCUT2D eigenvalue weighted by atomic mass is 33.1. The lowest BCUT2D eigenvalue weighted by Gasteiger charge is -2.28. The molecule has 2 aromatic heterocycles. The fourth-order valence-corrected chi connectivity index (χ4v) is 11.8. The number of amides is 10. The first-order valence-corrected chi connectivity index (χ1v) is 31.0.